The van der Waals surface area contributed by atoms with Crippen LogP contribution < -0.4 is 14.6 Å². The van der Waals surface area contributed by atoms with Crippen LogP contribution in [0.1, 0.15) is 30.0 Å². The van der Waals surface area contributed by atoms with E-state index in [0.29, 0.717) is 24.5 Å². The van der Waals surface area contributed by atoms with Gasteiger partial charge in [0.2, 0.25) is 16.4 Å². The van der Waals surface area contributed by atoms with Crippen LogP contribution in [0.3, 0.4) is 0 Å². The van der Waals surface area contributed by atoms with Crippen molar-refractivity contribution in [3.8, 4) is 11.5 Å². The minimum Gasteiger partial charge on any atom is -0.485 e. The summed E-state index contributed by atoms with van der Waals surface area (Å²) in [5.74, 6) is 0.855. The first-order valence-electron chi connectivity index (χ1n) is 10.1. The zero-order chi connectivity index (χ0) is 22.3. The Hall–Kier alpha value is -2.90. The van der Waals surface area contributed by atoms with Gasteiger partial charge in [0.25, 0.3) is 0 Å². The minimum absolute atomic E-state index is 0.0283. The molecule has 0 fully saturated rings. The van der Waals surface area contributed by atoms with Gasteiger partial charge in [-0.25, -0.2) is 17.9 Å². The van der Waals surface area contributed by atoms with Gasteiger partial charge in [-0.2, -0.15) is 0 Å². The molecule has 3 aromatic carbocycles. The van der Waals surface area contributed by atoms with Crippen molar-refractivity contribution in [3.63, 3.8) is 0 Å². The summed E-state index contributed by atoms with van der Waals surface area (Å²) < 4.78 is 48.7. The summed E-state index contributed by atoms with van der Waals surface area (Å²) in [6.45, 7) is 2.40. The normalized spacial score (nSPS) is 12.4. The molecule has 0 aliphatic heterocycles. The molecule has 3 rings (SSSR count). The lowest BCUT2D eigenvalue weighted by Gasteiger charge is -2.16. The van der Waals surface area contributed by atoms with Crippen LogP contribution in [0, 0.1) is 0 Å². The monoisotopic (exact) mass is 443 g/mol. The summed E-state index contributed by atoms with van der Waals surface area (Å²) in [5, 5.41) is 5.09. The molecular formula is C24H26FNO4S. The Morgan fingerprint density at radius 3 is 2.23 bits per heavy atom. The molecule has 2 N–H and O–H groups in total. The minimum atomic E-state index is -3.74. The number of hydrogen-bond donors (Lipinski definition) is 1. The van der Waals surface area contributed by atoms with Gasteiger partial charge in [-0.3, -0.25) is 0 Å². The number of alkyl halides is 1. The van der Waals surface area contributed by atoms with Crippen molar-refractivity contribution < 1.29 is 22.3 Å². The molecule has 0 heterocycles. The molecule has 7 heteroatoms. The molecular weight excluding hydrogens is 417 g/mol. The first kappa shape index (κ1) is 22.8. The topological polar surface area (TPSA) is 78.6 Å². The fourth-order valence-corrected chi connectivity index (χ4v) is 3.56. The van der Waals surface area contributed by atoms with Gasteiger partial charge in [0.1, 0.15) is 6.61 Å². The predicted molar refractivity (Wildman–Crippen MR) is 118 cm³/mol. The van der Waals surface area contributed by atoms with E-state index in [2.05, 4.69) is 0 Å². The van der Waals surface area contributed by atoms with E-state index >= 15 is 0 Å². The largest absolute Gasteiger partial charge is 0.485 e. The van der Waals surface area contributed by atoms with E-state index in [0.717, 1.165) is 23.1 Å². The second kappa shape index (κ2) is 10.4. The third-order valence-electron chi connectivity index (χ3n) is 4.82. The predicted octanol–water partition coefficient (Wildman–Crippen LogP) is 4.78. The summed E-state index contributed by atoms with van der Waals surface area (Å²) in [7, 11) is -3.74. The molecule has 0 spiro atoms. The SMILES string of the molecule is CCc1ccc(OC(F)CCc2ccc(S(N)(=O)=O)cc2)c(OCc2ccccc2)c1. The van der Waals surface area contributed by atoms with E-state index in [1.165, 1.54) is 12.1 Å². The molecule has 0 aromatic heterocycles. The number of ether oxygens (including phenoxy) is 2. The Balaban J connectivity index is 1.62. The quantitative estimate of drug-likeness (QED) is 0.489. The average molecular weight is 444 g/mol. The highest BCUT2D eigenvalue weighted by molar-refractivity contribution is 7.89. The zero-order valence-corrected chi connectivity index (χ0v) is 18.1. The number of rotatable bonds is 10. The number of nitrogens with two attached hydrogens (primary N) is 1. The second-order valence-electron chi connectivity index (χ2n) is 7.16. The van der Waals surface area contributed by atoms with Crippen molar-refractivity contribution in [2.24, 2.45) is 5.14 Å². The third-order valence-corrected chi connectivity index (χ3v) is 5.75. The van der Waals surface area contributed by atoms with Crippen molar-refractivity contribution in [3.05, 3.63) is 89.5 Å². The highest BCUT2D eigenvalue weighted by atomic mass is 32.2. The van der Waals surface area contributed by atoms with Crippen LogP contribution in [-0.4, -0.2) is 14.8 Å². The number of benzene rings is 3. The third kappa shape index (κ3) is 6.80. The Kier molecular flexibility index (Phi) is 7.65. The van der Waals surface area contributed by atoms with Gasteiger partial charge in [0, 0.05) is 6.42 Å². The highest BCUT2D eigenvalue weighted by Crippen LogP contribution is 2.31. The molecule has 0 saturated heterocycles. The maximum Gasteiger partial charge on any atom is 0.239 e. The molecule has 0 radical (unpaired) electrons. The van der Waals surface area contributed by atoms with Gasteiger partial charge in [0.05, 0.1) is 4.90 Å². The number of aryl methyl sites for hydroxylation is 2. The van der Waals surface area contributed by atoms with Gasteiger partial charge in [0.15, 0.2) is 11.5 Å². The van der Waals surface area contributed by atoms with Gasteiger partial charge < -0.3 is 9.47 Å². The summed E-state index contributed by atoms with van der Waals surface area (Å²) in [5.41, 5.74) is 2.87. The van der Waals surface area contributed by atoms with Crippen LogP contribution in [0.2, 0.25) is 0 Å². The average Bonchev–Trinajstić information content (AvgIpc) is 2.77. The maximum atomic E-state index is 14.6. The van der Waals surface area contributed by atoms with Crippen LogP contribution in [0.25, 0.3) is 0 Å². The van der Waals surface area contributed by atoms with Crippen molar-refractivity contribution in [2.45, 2.75) is 44.0 Å². The molecule has 31 heavy (non-hydrogen) atoms. The smallest absolute Gasteiger partial charge is 0.239 e. The van der Waals surface area contributed by atoms with Crippen molar-refractivity contribution in [2.75, 3.05) is 0 Å². The van der Waals surface area contributed by atoms with E-state index in [1.54, 1.807) is 18.2 Å². The van der Waals surface area contributed by atoms with Crippen molar-refractivity contribution >= 4 is 10.0 Å². The van der Waals surface area contributed by atoms with Crippen LogP contribution in [0.5, 0.6) is 11.5 Å². The van der Waals surface area contributed by atoms with Crippen molar-refractivity contribution in [1.29, 1.82) is 0 Å². The van der Waals surface area contributed by atoms with E-state index in [-0.39, 0.29) is 11.3 Å². The number of hydrogen-bond acceptors (Lipinski definition) is 4. The molecule has 3 aromatic rings. The Morgan fingerprint density at radius 2 is 1.58 bits per heavy atom. The van der Waals surface area contributed by atoms with E-state index in [4.69, 9.17) is 14.6 Å². The first-order valence-corrected chi connectivity index (χ1v) is 11.6. The van der Waals surface area contributed by atoms with Gasteiger partial charge in [-0.1, -0.05) is 55.5 Å². The summed E-state index contributed by atoms with van der Waals surface area (Å²) in [4.78, 5) is 0.0283. The summed E-state index contributed by atoms with van der Waals surface area (Å²) >= 11 is 0. The Labute approximate surface area is 182 Å². The van der Waals surface area contributed by atoms with Gasteiger partial charge >= 0.3 is 0 Å². The Morgan fingerprint density at radius 1 is 0.903 bits per heavy atom. The number of sulfonamides is 1. The lowest BCUT2D eigenvalue weighted by atomic mass is 10.1. The lowest BCUT2D eigenvalue weighted by Crippen LogP contribution is -2.13. The van der Waals surface area contributed by atoms with Crippen LogP contribution >= 0.6 is 0 Å². The fraction of sp³-hybridized carbons (Fsp3) is 0.250. The molecule has 164 valence electrons. The van der Waals surface area contributed by atoms with Crippen LogP contribution in [0.4, 0.5) is 4.39 Å². The van der Waals surface area contributed by atoms with Crippen molar-refractivity contribution in [1.82, 2.24) is 0 Å². The molecule has 5 nitrogen and oxygen atoms in total. The molecule has 0 amide bonds. The van der Waals surface area contributed by atoms with E-state index < -0.39 is 16.4 Å². The number of primary sulfonamides is 1. The standard InChI is InChI=1S/C24H26FNO4S/c1-2-18-10-14-22(23(16-18)29-17-20-6-4-3-5-7-20)30-24(25)15-11-19-8-12-21(13-9-19)31(26,27)28/h3-10,12-14,16,24H,2,11,15,17H2,1H3,(H2,26,27,28). The fourth-order valence-electron chi connectivity index (χ4n) is 3.04. The van der Waals surface area contributed by atoms with Crippen LogP contribution in [-0.2, 0) is 29.5 Å². The van der Waals surface area contributed by atoms with E-state index in [1.807, 2.05) is 49.4 Å². The second-order valence-corrected chi connectivity index (χ2v) is 8.73. The molecule has 1 atom stereocenters. The molecule has 1 unspecified atom stereocenters. The summed E-state index contributed by atoms with van der Waals surface area (Å²) in [6, 6.07) is 21.3. The summed E-state index contributed by atoms with van der Waals surface area (Å²) in [6.07, 6.45) is -0.207. The molecule has 0 aliphatic carbocycles. The molecule has 0 aliphatic rings. The molecule has 0 saturated carbocycles. The maximum absolute atomic E-state index is 14.6. The Bertz CT molecular complexity index is 1090. The highest BCUT2D eigenvalue weighted by Gasteiger charge is 2.14. The molecule has 0 bridgehead atoms. The first-order chi connectivity index (χ1) is 14.8. The zero-order valence-electron chi connectivity index (χ0n) is 17.3. The van der Waals surface area contributed by atoms with Crippen LogP contribution in [0.15, 0.2) is 77.7 Å². The number of halogens is 1. The van der Waals surface area contributed by atoms with Gasteiger partial charge in [-0.05, 0) is 53.8 Å². The van der Waals surface area contributed by atoms with E-state index in [9.17, 15) is 12.8 Å². The lowest BCUT2D eigenvalue weighted by molar-refractivity contribution is 0.0558. The van der Waals surface area contributed by atoms with Gasteiger partial charge in [-0.15, -0.1) is 0 Å².